The molecule has 0 amide bonds. The number of nitrogens with one attached hydrogen (secondary N) is 2. The Balaban J connectivity index is 2.45. The summed E-state index contributed by atoms with van der Waals surface area (Å²) in [5.74, 6) is 0. The van der Waals surface area contributed by atoms with Crippen LogP contribution < -0.4 is 10.6 Å². The molecule has 0 saturated carbocycles. The second-order valence-electron chi connectivity index (χ2n) is 7.29. The van der Waals surface area contributed by atoms with Crippen LogP contribution in [-0.2, 0) is 11.1 Å². The van der Waals surface area contributed by atoms with Crippen LogP contribution in [0.1, 0.15) is 32.3 Å². The topological polar surface area (TPSA) is 110 Å². The predicted molar refractivity (Wildman–Crippen MR) is 104 cm³/mol. The predicted octanol–water partition coefficient (Wildman–Crippen LogP) is 2.26. The minimum atomic E-state index is -0.603. The Labute approximate surface area is 156 Å². The first-order valence-corrected chi connectivity index (χ1v) is 9.09. The Bertz CT molecular complexity index is 564. The molecule has 0 radical (unpaired) electrons. The van der Waals surface area contributed by atoms with Gasteiger partial charge in [0.1, 0.15) is 0 Å². The van der Waals surface area contributed by atoms with E-state index in [4.69, 9.17) is 5.53 Å². The molecular formula is C18H30BN5O2. The summed E-state index contributed by atoms with van der Waals surface area (Å²) in [6.07, 6.45) is 2.06. The molecule has 0 aromatic heterocycles. The van der Waals surface area contributed by atoms with Gasteiger partial charge in [0.15, 0.2) is 0 Å². The molecule has 0 spiro atoms. The van der Waals surface area contributed by atoms with Crippen LogP contribution in [0.4, 0.5) is 0 Å². The first-order chi connectivity index (χ1) is 12.5. The minimum absolute atomic E-state index is 0.0514. The van der Waals surface area contributed by atoms with E-state index in [1.807, 2.05) is 30.3 Å². The van der Waals surface area contributed by atoms with Crippen molar-refractivity contribution in [3.05, 3.63) is 46.3 Å². The normalized spacial score (nSPS) is 13.5. The van der Waals surface area contributed by atoms with Gasteiger partial charge >= 0.3 is 145 Å². The van der Waals surface area contributed by atoms with Gasteiger partial charge in [-0.05, 0) is 5.53 Å². The van der Waals surface area contributed by atoms with Gasteiger partial charge in [0.05, 0.1) is 0 Å². The molecule has 26 heavy (non-hydrogen) atoms. The van der Waals surface area contributed by atoms with Crippen LogP contribution in [-0.4, -0.2) is 50.5 Å². The van der Waals surface area contributed by atoms with Crippen LogP contribution >= 0.6 is 0 Å². The fraction of sp³-hybridized carbons (Fsp3) is 0.667. The van der Waals surface area contributed by atoms with E-state index in [0.29, 0.717) is 19.5 Å². The van der Waals surface area contributed by atoms with Gasteiger partial charge in [-0.2, -0.15) is 0 Å². The fourth-order valence-corrected chi connectivity index (χ4v) is 2.87. The monoisotopic (exact) mass is 359 g/mol. The quantitative estimate of drug-likeness (QED) is 0.156. The second-order valence-corrected chi connectivity index (χ2v) is 7.29. The summed E-state index contributed by atoms with van der Waals surface area (Å²) in [5.41, 5.74) is 9.48. The third kappa shape index (κ3) is 9.68. The van der Waals surface area contributed by atoms with Crippen molar-refractivity contribution in [1.29, 1.82) is 0 Å². The number of aliphatic hydroxyl groups excluding tert-OH is 1. The molecule has 2 atom stereocenters. The second kappa shape index (κ2) is 12.6. The molecule has 142 valence electrons. The van der Waals surface area contributed by atoms with Crippen LogP contribution in [0.2, 0.25) is 0 Å². The zero-order valence-corrected chi connectivity index (χ0v) is 15.8. The molecule has 0 aliphatic rings. The molecule has 0 saturated heterocycles. The van der Waals surface area contributed by atoms with E-state index < -0.39 is 6.10 Å². The van der Waals surface area contributed by atoms with Crippen molar-refractivity contribution in [2.75, 3.05) is 26.1 Å². The van der Waals surface area contributed by atoms with Crippen molar-refractivity contribution in [1.82, 2.24) is 10.6 Å². The Morgan fingerprint density at radius 1 is 1.35 bits per heavy atom. The molecule has 7 nitrogen and oxygen atoms in total. The van der Waals surface area contributed by atoms with Crippen molar-refractivity contribution in [2.45, 2.75) is 45.3 Å². The van der Waals surface area contributed by atoms with Crippen molar-refractivity contribution in [3.8, 4) is 0 Å². The van der Waals surface area contributed by atoms with E-state index in [-0.39, 0.29) is 17.9 Å². The maximum absolute atomic E-state index is 10.7. The van der Waals surface area contributed by atoms with Crippen molar-refractivity contribution >= 4 is 7.15 Å². The summed E-state index contributed by atoms with van der Waals surface area (Å²) in [6.45, 7) is 6.01. The average molecular weight is 359 g/mol. The molecular weight excluding hydrogens is 329 g/mol. The van der Waals surface area contributed by atoms with Crippen LogP contribution in [0.3, 0.4) is 0 Å². The Kier molecular flexibility index (Phi) is 10.8. The molecule has 0 aliphatic carbocycles. The molecule has 1 aromatic rings. The first-order valence-electron chi connectivity index (χ1n) is 9.09. The molecule has 0 fully saturated rings. The molecule has 1 rings (SSSR count). The number of azide groups is 1. The van der Waals surface area contributed by atoms with Crippen LogP contribution in [0, 0.1) is 5.41 Å². The van der Waals surface area contributed by atoms with Gasteiger partial charge in [-0.3, -0.25) is 0 Å². The fourth-order valence-electron chi connectivity index (χ4n) is 2.87. The summed E-state index contributed by atoms with van der Waals surface area (Å²) in [6, 6.07) is 9.73. The number of benzene rings is 1. The zero-order valence-electron chi connectivity index (χ0n) is 15.8. The van der Waals surface area contributed by atoms with E-state index in [0.717, 1.165) is 32.1 Å². The van der Waals surface area contributed by atoms with Crippen molar-refractivity contribution in [2.24, 2.45) is 10.5 Å². The van der Waals surface area contributed by atoms with Crippen LogP contribution in [0.25, 0.3) is 10.4 Å². The van der Waals surface area contributed by atoms with E-state index in [1.165, 1.54) is 0 Å². The number of aliphatic hydroxyl groups is 1. The Morgan fingerprint density at radius 3 is 2.73 bits per heavy atom. The molecule has 3 N–H and O–H groups in total. The number of hydrogen-bond donors (Lipinski definition) is 3. The zero-order chi connectivity index (χ0) is 19.3. The van der Waals surface area contributed by atoms with Crippen molar-refractivity contribution < 1.29 is 9.81 Å². The third-order valence-electron chi connectivity index (χ3n) is 4.36. The summed E-state index contributed by atoms with van der Waals surface area (Å²) < 4.78 is 10.7. The SMILES string of the molecule is CC(C)(CCCN=[N+]=[N-])CNCC(O)[C@H](Cc1ccccc1)NCB=O. The summed E-state index contributed by atoms with van der Waals surface area (Å²) in [5, 5.41) is 20.5. The number of hydrogen-bond acceptors (Lipinski definition) is 5. The Morgan fingerprint density at radius 2 is 2.08 bits per heavy atom. The maximum atomic E-state index is 10.7. The molecule has 8 heteroatoms. The van der Waals surface area contributed by atoms with Crippen LogP contribution in [0.15, 0.2) is 35.4 Å². The van der Waals surface area contributed by atoms with Gasteiger partial charge in [-0.1, -0.05) is 0 Å². The third-order valence-corrected chi connectivity index (χ3v) is 4.36. The molecule has 1 aromatic carbocycles. The van der Waals surface area contributed by atoms with Crippen molar-refractivity contribution in [3.63, 3.8) is 0 Å². The van der Waals surface area contributed by atoms with Gasteiger partial charge in [0.2, 0.25) is 0 Å². The van der Waals surface area contributed by atoms with Gasteiger partial charge in [0.25, 0.3) is 0 Å². The van der Waals surface area contributed by atoms with E-state index in [9.17, 15) is 9.81 Å². The standard InChI is InChI=1S/C18H30BN5O2/c1-18(2,9-6-10-23-24-20)13-21-12-17(25)16(22-14-19-26)11-15-7-4-3-5-8-15/h3-5,7-8,16-17,21-22,25H,6,9-14H2,1-2H3/t16-,17?/m0/s1. The van der Waals surface area contributed by atoms with Gasteiger partial charge < -0.3 is 0 Å². The number of nitrogens with zero attached hydrogens (tertiary/aromatic N) is 3. The molecule has 0 heterocycles. The summed E-state index contributed by atoms with van der Waals surface area (Å²) in [4.78, 5) is 2.76. The van der Waals surface area contributed by atoms with Gasteiger partial charge in [-0.15, -0.1) is 0 Å². The number of rotatable bonds is 14. The molecule has 0 bridgehead atoms. The Hall–Kier alpha value is -1.73. The summed E-state index contributed by atoms with van der Waals surface area (Å²) in [7, 11) is 0.810. The summed E-state index contributed by atoms with van der Waals surface area (Å²) >= 11 is 0. The first kappa shape index (κ1) is 22.3. The van der Waals surface area contributed by atoms with E-state index >= 15 is 0 Å². The average Bonchev–Trinajstić information content (AvgIpc) is 2.63. The van der Waals surface area contributed by atoms with Crippen LogP contribution in [0.5, 0.6) is 0 Å². The van der Waals surface area contributed by atoms with E-state index in [2.05, 4.69) is 34.5 Å². The van der Waals surface area contributed by atoms with Gasteiger partial charge in [-0.25, -0.2) is 0 Å². The molecule has 1 unspecified atom stereocenters. The van der Waals surface area contributed by atoms with Gasteiger partial charge in [0, 0.05) is 4.91 Å². The molecule has 0 aliphatic heterocycles. The van der Waals surface area contributed by atoms with E-state index in [1.54, 1.807) is 0 Å².